The van der Waals surface area contributed by atoms with Crippen molar-refractivity contribution in [3.8, 4) is 11.5 Å². The van der Waals surface area contributed by atoms with E-state index in [1.165, 1.54) is 12.8 Å². The smallest absolute Gasteiger partial charge is 0.164 e. The summed E-state index contributed by atoms with van der Waals surface area (Å²) in [7, 11) is 0. The van der Waals surface area contributed by atoms with Crippen LogP contribution < -0.4 is 4.74 Å². The molecule has 1 saturated heterocycles. The van der Waals surface area contributed by atoms with Crippen molar-refractivity contribution in [1.29, 1.82) is 0 Å². The lowest BCUT2D eigenvalue weighted by Gasteiger charge is -2.29. The van der Waals surface area contributed by atoms with Crippen molar-refractivity contribution in [2.45, 2.75) is 26.2 Å². The molecule has 0 saturated carbocycles. The predicted octanol–water partition coefficient (Wildman–Crippen LogP) is 4.78. The zero-order valence-corrected chi connectivity index (χ0v) is 14.3. The van der Waals surface area contributed by atoms with Crippen molar-refractivity contribution in [2.24, 2.45) is 5.92 Å². The molecule has 24 heavy (non-hydrogen) atoms. The van der Waals surface area contributed by atoms with Crippen molar-refractivity contribution >= 4 is 5.78 Å². The Balaban J connectivity index is 1.50. The number of likely N-dealkylation sites (tertiary alicyclic amines) is 1. The van der Waals surface area contributed by atoms with Crippen molar-refractivity contribution in [1.82, 2.24) is 4.90 Å². The van der Waals surface area contributed by atoms with E-state index in [4.69, 9.17) is 4.74 Å². The summed E-state index contributed by atoms with van der Waals surface area (Å²) >= 11 is 0. The second-order valence-electron chi connectivity index (χ2n) is 6.64. The average Bonchev–Trinajstić information content (AvgIpc) is 2.62. The molecule has 3 heteroatoms. The van der Waals surface area contributed by atoms with Gasteiger partial charge in [-0.3, -0.25) is 4.79 Å². The molecule has 1 heterocycles. The van der Waals surface area contributed by atoms with E-state index >= 15 is 0 Å². The number of carbonyl (C=O) groups excluding carboxylic acids is 1. The van der Waals surface area contributed by atoms with Crippen LogP contribution in [-0.2, 0) is 0 Å². The first kappa shape index (κ1) is 16.7. The molecule has 1 aliphatic heterocycles. The molecular formula is C21H25NO2. The summed E-state index contributed by atoms with van der Waals surface area (Å²) in [6.07, 6.45) is 3.09. The molecule has 0 aliphatic carbocycles. The molecule has 2 aromatic rings. The normalized spacial score (nSPS) is 16.0. The van der Waals surface area contributed by atoms with Gasteiger partial charge in [-0.2, -0.15) is 0 Å². The van der Waals surface area contributed by atoms with Crippen LogP contribution >= 0.6 is 0 Å². The Bertz CT molecular complexity index is 643. The van der Waals surface area contributed by atoms with E-state index in [0.717, 1.165) is 42.6 Å². The third-order valence-corrected chi connectivity index (χ3v) is 4.69. The highest BCUT2D eigenvalue weighted by Crippen LogP contribution is 2.22. The van der Waals surface area contributed by atoms with Crippen molar-refractivity contribution in [3.63, 3.8) is 0 Å². The standard InChI is InChI=1S/C21H25NO2/c1-17-11-14-22(15-12-17)16-13-21(23)18-7-9-20(10-8-18)24-19-5-3-2-4-6-19/h2-10,17H,11-16H2,1H3. The number of nitrogens with zero attached hydrogens (tertiary/aromatic N) is 1. The van der Waals surface area contributed by atoms with Gasteiger partial charge in [0.25, 0.3) is 0 Å². The Hall–Kier alpha value is -2.13. The Morgan fingerprint density at radius 2 is 1.62 bits per heavy atom. The lowest BCUT2D eigenvalue weighted by atomic mass is 9.99. The number of ketones is 1. The minimum absolute atomic E-state index is 0.208. The quantitative estimate of drug-likeness (QED) is 0.716. The Morgan fingerprint density at radius 3 is 2.29 bits per heavy atom. The zero-order valence-electron chi connectivity index (χ0n) is 14.3. The Labute approximate surface area is 144 Å². The highest BCUT2D eigenvalue weighted by atomic mass is 16.5. The molecule has 0 atom stereocenters. The van der Waals surface area contributed by atoms with Gasteiger partial charge in [0.05, 0.1) is 0 Å². The van der Waals surface area contributed by atoms with Crippen LogP contribution in [0.15, 0.2) is 54.6 Å². The SMILES string of the molecule is CC1CCN(CCC(=O)c2ccc(Oc3ccccc3)cc2)CC1. The second-order valence-corrected chi connectivity index (χ2v) is 6.64. The number of hydrogen-bond acceptors (Lipinski definition) is 3. The molecule has 1 fully saturated rings. The molecule has 0 bridgehead atoms. The average molecular weight is 323 g/mol. The molecule has 0 spiro atoms. The third-order valence-electron chi connectivity index (χ3n) is 4.69. The minimum Gasteiger partial charge on any atom is -0.457 e. The lowest BCUT2D eigenvalue weighted by molar-refractivity contribution is 0.0953. The number of Topliss-reactive ketones (excluding diaryl/α,β-unsaturated/α-hetero) is 1. The molecule has 3 rings (SSSR count). The Kier molecular flexibility index (Phi) is 5.65. The van der Waals surface area contributed by atoms with Gasteiger partial charge in [-0.1, -0.05) is 25.1 Å². The van der Waals surface area contributed by atoms with Crippen LogP contribution in [0.3, 0.4) is 0 Å². The number of rotatable bonds is 6. The van der Waals surface area contributed by atoms with E-state index < -0.39 is 0 Å². The van der Waals surface area contributed by atoms with Gasteiger partial charge in [0.2, 0.25) is 0 Å². The molecule has 0 radical (unpaired) electrons. The molecule has 126 valence electrons. The largest absolute Gasteiger partial charge is 0.457 e. The van der Waals surface area contributed by atoms with Gasteiger partial charge in [-0.15, -0.1) is 0 Å². The van der Waals surface area contributed by atoms with Crippen LogP contribution in [0, 0.1) is 5.92 Å². The number of carbonyl (C=O) groups is 1. The molecule has 0 N–H and O–H groups in total. The highest BCUT2D eigenvalue weighted by molar-refractivity contribution is 5.96. The minimum atomic E-state index is 0.208. The van der Waals surface area contributed by atoms with Gasteiger partial charge in [0.15, 0.2) is 5.78 Å². The molecule has 0 unspecified atom stereocenters. The van der Waals surface area contributed by atoms with Gasteiger partial charge in [0.1, 0.15) is 11.5 Å². The summed E-state index contributed by atoms with van der Waals surface area (Å²) in [5.74, 6) is 2.59. The Morgan fingerprint density at radius 1 is 1.00 bits per heavy atom. The fourth-order valence-electron chi connectivity index (χ4n) is 3.02. The first-order chi connectivity index (χ1) is 11.7. The van der Waals surface area contributed by atoms with E-state index in [9.17, 15) is 4.79 Å². The summed E-state index contributed by atoms with van der Waals surface area (Å²) in [5.41, 5.74) is 0.765. The van der Waals surface area contributed by atoms with Crippen molar-refractivity contribution < 1.29 is 9.53 Å². The molecule has 2 aromatic carbocycles. The molecule has 1 aliphatic rings. The molecule has 3 nitrogen and oxygen atoms in total. The van der Waals surface area contributed by atoms with Gasteiger partial charge < -0.3 is 9.64 Å². The van der Waals surface area contributed by atoms with E-state index in [1.54, 1.807) is 0 Å². The summed E-state index contributed by atoms with van der Waals surface area (Å²) in [5, 5.41) is 0. The first-order valence-corrected chi connectivity index (χ1v) is 8.79. The van der Waals surface area contributed by atoms with Crippen LogP contribution in [0.4, 0.5) is 0 Å². The summed E-state index contributed by atoms with van der Waals surface area (Å²) in [6.45, 7) is 5.42. The third kappa shape index (κ3) is 4.68. The lowest BCUT2D eigenvalue weighted by Crippen LogP contribution is -2.34. The van der Waals surface area contributed by atoms with E-state index in [1.807, 2.05) is 54.6 Å². The predicted molar refractivity (Wildman–Crippen MR) is 96.7 cm³/mol. The van der Waals surface area contributed by atoms with Crippen LogP contribution in [0.1, 0.15) is 36.5 Å². The second kappa shape index (κ2) is 8.11. The highest BCUT2D eigenvalue weighted by Gasteiger charge is 2.16. The van der Waals surface area contributed by atoms with Gasteiger partial charge in [0, 0.05) is 18.5 Å². The number of hydrogen-bond donors (Lipinski definition) is 0. The summed E-state index contributed by atoms with van der Waals surface area (Å²) in [6, 6.07) is 17.1. The van der Waals surface area contributed by atoms with Gasteiger partial charge in [-0.05, 0) is 68.2 Å². The van der Waals surface area contributed by atoms with Crippen LogP contribution in [0.5, 0.6) is 11.5 Å². The van der Waals surface area contributed by atoms with Crippen LogP contribution in [0.2, 0.25) is 0 Å². The number of para-hydroxylation sites is 1. The first-order valence-electron chi connectivity index (χ1n) is 8.79. The van der Waals surface area contributed by atoms with Gasteiger partial charge >= 0.3 is 0 Å². The fourth-order valence-corrected chi connectivity index (χ4v) is 3.02. The van der Waals surface area contributed by atoms with Crippen molar-refractivity contribution in [2.75, 3.05) is 19.6 Å². The molecule has 0 aromatic heterocycles. The molecule has 0 amide bonds. The maximum absolute atomic E-state index is 12.4. The van der Waals surface area contributed by atoms with E-state index in [2.05, 4.69) is 11.8 Å². The maximum Gasteiger partial charge on any atom is 0.164 e. The van der Waals surface area contributed by atoms with Gasteiger partial charge in [-0.25, -0.2) is 0 Å². The number of benzene rings is 2. The topological polar surface area (TPSA) is 29.5 Å². The number of ether oxygens (including phenoxy) is 1. The molecular weight excluding hydrogens is 298 g/mol. The summed E-state index contributed by atoms with van der Waals surface area (Å²) < 4.78 is 5.76. The van der Waals surface area contributed by atoms with Crippen LogP contribution in [-0.4, -0.2) is 30.3 Å². The maximum atomic E-state index is 12.4. The zero-order chi connectivity index (χ0) is 16.8. The number of piperidine rings is 1. The van der Waals surface area contributed by atoms with E-state index in [-0.39, 0.29) is 5.78 Å². The summed E-state index contributed by atoms with van der Waals surface area (Å²) in [4.78, 5) is 14.8. The van der Waals surface area contributed by atoms with Crippen LogP contribution in [0.25, 0.3) is 0 Å². The van der Waals surface area contributed by atoms with E-state index in [0.29, 0.717) is 6.42 Å². The van der Waals surface area contributed by atoms with Crippen molar-refractivity contribution in [3.05, 3.63) is 60.2 Å². The fraction of sp³-hybridized carbons (Fsp3) is 0.381. The monoisotopic (exact) mass is 323 g/mol.